The summed E-state index contributed by atoms with van der Waals surface area (Å²) in [5.41, 5.74) is 4.15. The van der Waals surface area contributed by atoms with Crippen LogP contribution in [0, 0.1) is 0 Å². The fraction of sp³-hybridized carbons (Fsp3) is 0.257. The molecule has 2 heterocycles. The van der Waals surface area contributed by atoms with E-state index < -0.39 is 7.25 Å². The van der Waals surface area contributed by atoms with Crippen molar-refractivity contribution in [3.05, 3.63) is 108 Å². The molecule has 0 saturated heterocycles. The van der Waals surface area contributed by atoms with Crippen molar-refractivity contribution in [3.63, 3.8) is 0 Å². The topological polar surface area (TPSA) is 8.17 Å². The zero-order chi connectivity index (χ0) is 29.7. The van der Waals surface area contributed by atoms with Crippen LogP contribution in [0.15, 0.2) is 97.1 Å². The average Bonchev–Trinajstić information content (AvgIpc) is 3.44. The average molecular weight is 571 g/mol. The maximum atomic E-state index is 9.75. The van der Waals surface area contributed by atoms with Gasteiger partial charge in [0.2, 0.25) is 0 Å². The summed E-state index contributed by atoms with van der Waals surface area (Å²) in [7, 11) is -6.00. The lowest BCUT2D eigenvalue weighted by atomic mass is 10.0. The molecule has 5 aromatic rings. The Labute approximate surface area is 244 Å². The van der Waals surface area contributed by atoms with E-state index in [1.54, 1.807) is 0 Å². The predicted molar refractivity (Wildman–Crippen MR) is 171 cm³/mol. The van der Waals surface area contributed by atoms with Gasteiger partial charge < -0.3 is 26.7 Å². The van der Waals surface area contributed by atoms with Crippen LogP contribution in [-0.4, -0.2) is 18.4 Å². The number of hydrogen-bond acceptors (Lipinski definition) is 1. The lowest BCUT2D eigenvalue weighted by molar-refractivity contribution is 0.368. The molecule has 1 aliphatic rings. The van der Waals surface area contributed by atoms with E-state index >= 15 is 0 Å². The first kappa shape index (κ1) is 29.5. The summed E-state index contributed by atoms with van der Waals surface area (Å²) in [4.78, 5) is 2.59. The minimum atomic E-state index is -6.00. The van der Waals surface area contributed by atoms with Crippen LogP contribution in [-0.2, 0) is 6.54 Å². The van der Waals surface area contributed by atoms with E-state index in [4.69, 9.17) is 0 Å². The van der Waals surface area contributed by atoms with Crippen molar-refractivity contribution in [2.24, 2.45) is 0 Å². The van der Waals surface area contributed by atoms with E-state index in [0.717, 1.165) is 13.1 Å². The van der Waals surface area contributed by atoms with Gasteiger partial charge >= 0.3 is 7.25 Å². The van der Waals surface area contributed by atoms with Gasteiger partial charge in [0, 0.05) is 45.8 Å². The zero-order valence-electron chi connectivity index (χ0n) is 24.1. The number of anilines is 1. The lowest BCUT2D eigenvalue weighted by Gasteiger charge is -2.26. The molecule has 218 valence electrons. The molecular formula is C35H36BF4N2-. The normalized spacial score (nSPS) is 15.6. The largest absolute Gasteiger partial charge is 0.673 e. The maximum Gasteiger partial charge on any atom is 0.673 e. The van der Waals surface area contributed by atoms with Crippen molar-refractivity contribution < 1.29 is 17.3 Å². The zero-order valence-corrected chi connectivity index (χ0v) is 24.1. The number of aromatic nitrogens is 1. The highest BCUT2D eigenvalue weighted by molar-refractivity contribution is 6.50. The first-order valence-corrected chi connectivity index (χ1v) is 14.8. The summed E-state index contributed by atoms with van der Waals surface area (Å²) in [5, 5.41) is 8.14. The molecule has 0 fully saturated rings. The van der Waals surface area contributed by atoms with Gasteiger partial charge in [0.1, 0.15) is 0 Å². The number of aryl methyl sites for hydroxylation is 1. The molecular weight excluding hydrogens is 535 g/mol. The van der Waals surface area contributed by atoms with E-state index in [1.807, 2.05) is 0 Å². The third-order valence-corrected chi connectivity index (χ3v) is 7.88. The predicted octanol–water partition coefficient (Wildman–Crippen LogP) is 10.0. The maximum absolute atomic E-state index is 9.75. The van der Waals surface area contributed by atoms with Crippen LogP contribution in [0.4, 0.5) is 23.0 Å². The highest BCUT2D eigenvalue weighted by atomic mass is 19.5. The fourth-order valence-corrected chi connectivity index (χ4v) is 6.10. The highest BCUT2D eigenvalue weighted by Gasteiger charge is 2.28. The summed E-state index contributed by atoms with van der Waals surface area (Å²) in [6, 6.07) is 27.1. The fourth-order valence-electron chi connectivity index (χ4n) is 6.10. The number of unbranched alkanes of at least 4 members (excludes halogenated alkanes) is 2. The van der Waals surface area contributed by atoms with E-state index in [1.165, 1.54) is 74.7 Å². The molecule has 0 saturated carbocycles. The summed E-state index contributed by atoms with van der Waals surface area (Å²) in [5.74, 6) is 0. The van der Waals surface area contributed by atoms with Crippen LogP contribution >= 0.6 is 0 Å². The number of halogens is 4. The quantitative estimate of drug-likeness (QED) is 0.0971. The second kappa shape index (κ2) is 12.9. The van der Waals surface area contributed by atoms with Crippen LogP contribution in [0.2, 0.25) is 0 Å². The molecule has 0 radical (unpaired) electrons. The minimum absolute atomic E-state index is 0.287. The molecule has 42 heavy (non-hydrogen) atoms. The Bertz CT molecular complexity index is 1770. The third-order valence-electron chi connectivity index (χ3n) is 7.88. The molecule has 1 aromatic heterocycles. The Morgan fingerprint density at radius 2 is 1.33 bits per heavy atom. The van der Waals surface area contributed by atoms with Crippen molar-refractivity contribution in [2.45, 2.75) is 52.1 Å². The van der Waals surface area contributed by atoms with Gasteiger partial charge in [-0.05, 0) is 47.4 Å². The summed E-state index contributed by atoms with van der Waals surface area (Å²) < 4.78 is 41.5. The van der Waals surface area contributed by atoms with Crippen LogP contribution in [0.5, 0.6) is 0 Å². The number of rotatable bonds is 9. The number of benzene rings is 4. The Morgan fingerprint density at radius 1 is 0.714 bits per heavy atom. The van der Waals surface area contributed by atoms with Crippen LogP contribution < -0.4 is 10.2 Å². The Morgan fingerprint density at radius 3 is 2.05 bits per heavy atom. The van der Waals surface area contributed by atoms with Crippen molar-refractivity contribution in [1.29, 1.82) is 0 Å². The second-order valence-electron chi connectivity index (χ2n) is 10.7. The number of nitrogens with zero attached hydrogens (tertiary/aromatic N) is 2. The highest BCUT2D eigenvalue weighted by Crippen LogP contribution is 2.44. The standard InChI is InChI=1S/C35H36N2.BF4/c1-3-5-24-36-30(28-18-10-14-26-16-12-22-32(36)34(26)28)20-8-7-9-21-31-29-19-11-15-27-17-13-23-33(35(27)29)37(31)25-6-4-2;2-1(3,4)5/h7-23,30H,3-6,24-25H2,1-2H3;/q;-1. The summed E-state index contributed by atoms with van der Waals surface area (Å²) >= 11 is 0. The minimum Gasteiger partial charge on any atom is -0.418 e. The Kier molecular flexibility index (Phi) is 9.05. The van der Waals surface area contributed by atoms with E-state index in [0.29, 0.717) is 0 Å². The summed E-state index contributed by atoms with van der Waals surface area (Å²) in [6.45, 7) is 6.68. The first-order valence-electron chi connectivity index (χ1n) is 14.8. The molecule has 1 aliphatic heterocycles. The van der Waals surface area contributed by atoms with Crippen molar-refractivity contribution in [1.82, 2.24) is 4.57 Å². The van der Waals surface area contributed by atoms with E-state index in [-0.39, 0.29) is 6.04 Å². The van der Waals surface area contributed by atoms with Crippen molar-refractivity contribution in [3.8, 4) is 0 Å². The van der Waals surface area contributed by atoms with Gasteiger partial charge in [0.25, 0.3) is 0 Å². The molecule has 4 aromatic carbocycles. The van der Waals surface area contributed by atoms with Crippen LogP contribution in [0.3, 0.4) is 0 Å². The Balaban J connectivity index is 0.000000652. The molecule has 0 amide bonds. The van der Waals surface area contributed by atoms with Gasteiger partial charge in [-0.25, -0.2) is 0 Å². The third kappa shape index (κ3) is 6.25. The molecule has 1 unspecified atom stereocenters. The molecule has 1 atom stereocenters. The monoisotopic (exact) mass is 571 g/mol. The molecule has 0 spiro atoms. The molecule has 6 rings (SSSR count). The van der Waals surface area contributed by atoms with Gasteiger partial charge in [-0.15, -0.1) is 0 Å². The van der Waals surface area contributed by atoms with Gasteiger partial charge in [-0.2, -0.15) is 0 Å². The van der Waals surface area contributed by atoms with E-state index in [9.17, 15) is 17.3 Å². The van der Waals surface area contributed by atoms with Crippen molar-refractivity contribution >= 4 is 51.5 Å². The lowest BCUT2D eigenvalue weighted by Crippen LogP contribution is -2.24. The van der Waals surface area contributed by atoms with E-state index in [2.05, 4.69) is 126 Å². The summed E-state index contributed by atoms with van der Waals surface area (Å²) in [6.07, 6.45) is 16.1. The van der Waals surface area contributed by atoms with Gasteiger partial charge in [-0.3, -0.25) is 0 Å². The van der Waals surface area contributed by atoms with Crippen molar-refractivity contribution in [2.75, 3.05) is 11.4 Å². The Hall–Kier alpha value is -4.00. The smallest absolute Gasteiger partial charge is 0.418 e. The van der Waals surface area contributed by atoms with Gasteiger partial charge in [0.15, 0.2) is 0 Å². The SMILES string of the molecule is CCCCN1c2cccc3cccc(c23)C1C=CC=CC=c1c2cccc3cccc(c32)n1CCCC.F[B-](F)(F)F. The molecule has 0 aliphatic carbocycles. The van der Waals surface area contributed by atoms with Crippen LogP contribution in [0.25, 0.3) is 38.5 Å². The van der Waals surface area contributed by atoms with Gasteiger partial charge in [0.05, 0.1) is 6.04 Å². The molecule has 7 heteroatoms. The van der Waals surface area contributed by atoms with Crippen LogP contribution in [0.1, 0.15) is 51.1 Å². The number of allylic oxidation sites excluding steroid dienone is 3. The molecule has 2 nitrogen and oxygen atoms in total. The number of hydrogen-bond donors (Lipinski definition) is 0. The second-order valence-corrected chi connectivity index (χ2v) is 10.7. The van der Waals surface area contributed by atoms with Gasteiger partial charge in [-0.1, -0.05) is 112 Å². The first-order chi connectivity index (χ1) is 20.3. The molecule has 0 bridgehead atoms. The molecule has 0 N–H and O–H groups in total.